The maximum absolute atomic E-state index is 12.9. The smallest absolute Gasteiger partial charge is 0.248 e. The third-order valence-electron chi connectivity index (χ3n) is 4.48. The molecule has 0 spiro atoms. The lowest BCUT2D eigenvalue weighted by atomic mass is 10.2. The number of para-hydroxylation sites is 1. The number of piperazine rings is 1. The van der Waals surface area contributed by atoms with Crippen molar-refractivity contribution >= 4 is 33.0 Å². The summed E-state index contributed by atoms with van der Waals surface area (Å²) >= 11 is 5.49. The Morgan fingerprint density at radius 2 is 1.81 bits per heavy atom. The van der Waals surface area contributed by atoms with Crippen LogP contribution in [0.15, 0.2) is 33.7 Å². The predicted octanol–water partition coefficient (Wildman–Crippen LogP) is 2.30. The molecule has 0 aliphatic carbocycles. The van der Waals surface area contributed by atoms with Crippen LogP contribution in [0.4, 0.5) is 5.69 Å². The van der Waals surface area contributed by atoms with Gasteiger partial charge in [0.05, 0.1) is 0 Å². The Labute approximate surface area is 159 Å². The molecule has 2 heterocycles. The first-order chi connectivity index (χ1) is 12.3. The molecule has 0 atom stereocenters. The Kier molecular flexibility index (Phi) is 5.31. The van der Waals surface area contributed by atoms with Crippen molar-refractivity contribution in [2.24, 2.45) is 0 Å². The number of hydrogen-bond acceptors (Lipinski definition) is 5. The van der Waals surface area contributed by atoms with E-state index in [2.05, 4.69) is 10.5 Å². The number of thiocarbonyl (C=S) groups is 1. The van der Waals surface area contributed by atoms with Gasteiger partial charge in [0.15, 0.2) is 10.9 Å². The molecule has 1 aliphatic heterocycles. The molecular weight excluding hydrogens is 372 g/mol. The Balaban J connectivity index is 1.66. The van der Waals surface area contributed by atoms with Crippen LogP contribution in [0, 0.1) is 20.8 Å². The van der Waals surface area contributed by atoms with E-state index >= 15 is 0 Å². The molecule has 0 radical (unpaired) electrons. The maximum Gasteiger partial charge on any atom is 0.248 e. The molecule has 1 aliphatic rings. The van der Waals surface area contributed by atoms with Gasteiger partial charge in [0.2, 0.25) is 10.0 Å². The lowest BCUT2D eigenvalue weighted by Crippen LogP contribution is -2.51. The number of nitrogens with zero attached hydrogens (tertiary/aromatic N) is 3. The first kappa shape index (κ1) is 18.8. The van der Waals surface area contributed by atoms with Crippen LogP contribution < -0.4 is 5.32 Å². The van der Waals surface area contributed by atoms with Gasteiger partial charge in [-0.3, -0.25) is 0 Å². The Morgan fingerprint density at radius 3 is 2.38 bits per heavy atom. The monoisotopic (exact) mass is 394 g/mol. The average molecular weight is 395 g/mol. The van der Waals surface area contributed by atoms with E-state index in [4.69, 9.17) is 16.7 Å². The zero-order valence-electron chi connectivity index (χ0n) is 15.0. The van der Waals surface area contributed by atoms with Gasteiger partial charge in [-0.2, -0.15) is 4.31 Å². The van der Waals surface area contributed by atoms with Crippen molar-refractivity contribution < 1.29 is 12.9 Å². The predicted molar refractivity (Wildman–Crippen MR) is 104 cm³/mol. The highest BCUT2D eigenvalue weighted by atomic mass is 32.2. The molecule has 1 saturated heterocycles. The van der Waals surface area contributed by atoms with E-state index in [0.29, 0.717) is 42.7 Å². The summed E-state index contributed by atoms with van der Waals surface area (Å²) in [4.78, 5) is 2.16. The second-order valence-electron chi connectivity index (χ2n) is 6.29. The minimum absolute atomic E-state index is 0.173. The van der Waals surface area contributed by atoms with Crippen LogP contribution in [-0.4, -0.2) is 54.1 Å². The lowest BCUT2D eigenvalue weighted by molar-refractivity contribution is 0.268. The van der Waals surface area contributed by atoms with Crippen LogP contribution in [0.1, 0.15) is 17.0 Å². The summed E-state index contributed by atoms with van der Waals surface area (Å²) in [6.45, 7) is 7.05. The van der Waals surface area contributed by atoms with Crippen molar-refractivity contribution in [1.82, 2.24) is 14.4 Å². The van der Waals surface area contributed by atoms with Crippen LogP contribution in [0.5, 0.6) is 0 Å². The summed E-state index contributed by atoms with van der Waals surface area (Å²) in [5, 5.41) is 7.60. The highest BCUT2D eigenvalue weighted by Gasteiger charge is 2.33. The number of benzene rings is 1. The van der Waals surface area contributed by atoms with Crippen LogP contribution in [-0.2, 0) is 10.0 Å². The third kappa shape index (κ3) is 3.60. The minimum Gasteiger partial charge on any atom is -0.360 e. The van der Waals surface area contributed by atoms with Gasteiger partial charge in [-0.1, -0.05) is 23.4 Å². The molecule has 9 heteroatoms. The van der Waals surface area contributed by atoms with Crippen LogP contribution in [0.3, 0.4) is 0 Å². The molecule has 1 aromatic heterocycles. The van der Waals surface area contributed by atoms with Gasteiger partial charge < -0.3 is 14.7 Å². The number of sulfonamides is 1. The van der Waals surface area contributed by atoms with Gasteiger partial charge in [0, 0.05) is 31.9 Å². The number of anilines is 1. The summed E-state index contributed by atoms with van der Waals surface area (Å²) in [7, 11) is -3.61. The fourth-order valence-corrected chi connectivity index (χ4v) is 5.02. The fourth-order valence-electron chi connectivity index (χ4n) is 3.01. The Bertz CT molecular complexity index is 896. The summed E-state index contributed by atoms with van der Waals surface area (Å²) < 4.78 is 32.2. The normalized spacial score (nSPS) is 15.9. The molecule has 0 saturated carbocycles. The number of hydrogen-bond donors (Lipinski definition) is 1. The summed E-state index contributed by atoms with van der Waals surface area (Å²) in [5.74, 6) is 0.321. The molecule has 0 unspecified atom stereocenters. The number of nitrogens with one attached hydrogen (secondary N) is 1. The molecule has 7 nitrogen and oxygen atoms in total. The van der Waals surface area contributed by atoms with E-state index in [-0.39, 0.29) is 4.90 Å². The zero-order valence-corrected chi connectivity index (χ0v) is 16.7. The number of aromatic nitrogens is 1. The van der Waals surface area contributed by atoms with Crippen molar-refractivity contribution in [3.05, 3.63) is 41.3 Å². The van der Waals surface area contributed by atoms with Gasteiger partial charge >= 0.3 is 0 Å². The SMILES string of the molecule is Cc1ccccc1NC(=S)N1CCN(S(=O)(=O)c2c(C)noc2C)CC1. The lowest BCUT2D eigenvalue weighted by Gasteiger charge is -2.35. The van der Waals surface area contributed by atoms with Crippen molar-refractivity contribution in [1.29, 1.82) is 0 Å². The van der Waals surface area contributed by atoms with Crippen LogP contribution >= 0.6 is 12.2 Å². The Morgan fingerprint density at radius 1 is 1.15 bits per heavy atom. The number of rotatable bonds is 3. The van der Waals surface area contributed by atoms with Gasteiger partial charge in [0.1, 0.15) is 10.6 Å². The molecule has 0 amide bonds. The van der Waals surface area contributed by atoms with Crippen molar-refractivity contribution in [3.8, 4) is 0 Å². The standard InChI is InChI=1S/C17H22N4O3S2/c1-12-6-4-5-7-15(12)18-17(25)20-8-10-21(11-9-20)26(22,23)16-13(2)19-24-14(16)3/h4-7H,8-11H2,1-3H3,(H,18,25). The highest BCUT2D eigenvalue weighted by Crippen LogP contribution is 2.24. The van der Waals surface area contributed by atoms with Gasteiger partial charge in [0.25, 0.3) is 0 Å². The van der Waals surface area contributed by atoms with Gasteiger partial charge in [-0.25, -0.2) is 8.42 Å². The molecule has 1 aromatic carbocycles. The minimum atomic E-state index is -3.61. The first-order valence-corrected chi connectivity index (χ1v) is 10.2. The second kappa shape index (κ2) is 7.34. The topological polar surface area (TPSA) is 78.7 Å². The first-order valence-electron chi connectivity index (χ1n) is 8.35. The van der Waals surface area contributed by atoms with Crippen molar-refractivity contribution in [2.75, 3.05) is 31.5 Å². The van der Waals surface area contributed by atoms with Crippen LogP contribution in [0.25, 0.3) is 0 Å². The fraction of sp³-hybridized carbons (Fsp3) is 0.412. The van der Waals surface area contributed by atoms with Crippen LogP contribution in [0.2, 0.25) is 0 Å². The van der Waals surface area contributed by atoms with Gasteiger partial charge in [-0.15, -0.1) is 0 Å². The molecule has 2 aromatic rings. The third-order valence-corrected chi connectivity index (χ3v) is 6.98. The molecule has 1 fully saturated rings. The largest absolute Gasteiger partial charge is 0.360 e. The molecule has 1 N–H and O–H groups in total. The molecule has 26 heavy (non-hydrogen) atoms. The summed E-state index contributed by atoms with van der Waals surface area (Å²) in [6.07, 6.45) is 0. The van der Waals surface area contributed by atoms with E-state index < -0.39 is 10.0 Å². The van der Waals surface area contributed by atoms with E-state index in [1.54, 1.807) is 13.8 Å². The molecule has 0 bridgehead atoms. The molecule has 3 rings (SSSR count). The summed E-state index contributed by atoms with van der Waals surface area (Å²) in [5.41, 5.74) is 2.46. The molecule has 140 valence electrons. The van der Waals surface area contributed by atoms with E-state index in [0.717, 1.165) is 11.3 Å². The zero-order chi connectivity index (χ0) is 18.9. The average Bonchev–Trinajstić information content (AvgIpc) is 2.96. The van der Waals surface area contributed by atoms with E-state index in [1.807, 2.05) is 36.1 Å². The van der Waals surface area contributed by atoms with E-state index in [9.17, 15) is 8.42 Å². The van der Waals surface area contributed by atoms with Crippen molar-refractivity contribution in [3.63, 3.8) is 0 Å². The van der Waals surface area contributed by atoms with Gasteiger partial charge in [-0.05, 0) is 44.6 Å². The summed E-state index contributed by atoms with van der Waals surface area (Å²) in [6, 6.07) is 7.91. The quantitative estimate of drug-likeness (QED) is 0.800. The Hall–Kier alpha value is -1.97. The second-order valence-corrected chi connectivity index (χ2v) is 8.55. The molecular formula is C17H22N4O3S2. The number of aryl methyl sites for hydroxylation is 3. The maximum atomic E-state index is 12.9. The highest BCUT2D eigenvalue weighted by molar-refractivity contribution is 7.89. The van der Waals surface area contributed by atoms with Crippen molar-refractivity contribution in [2.45, 2.75) is 25.7 Å². The van der Waals surface area contributed by atoms with E-state index in [1.165, 1.54) is 4.31 Å².